The molecule has 0 spiro atoms. The Hall–Kier alpha value is -2.97. The Balaban J connectivity index is 1.68. The minimum Gasteiger partial charge on any atom is -0.369 e. The van der Waals surface area contributed by atoms with Gasteiger partial charge in [-0.1, -0.05) is 47.7 Å². The quantitative estimate of drug-likeness (QED) is 0.389. The number of fused-ring (bicyclic) bond motifs is 2. The minimum atomic E-state index is -3.73. The lowest BCUT2D eigenvalue weighted by molar-refractivity contribution is 0.602. The van der Waals surface area contributed by atoms with Crippen molar-refractivity contribution in [2.45, 2.75) is 4.90 Å². The molecule has 4 rings (SSSR count). The predicted octanol–water partition coefficient (Wildman–Crippen LogP) is 4.47. The third-order valence-corrected chi connectivity index (χ3v) is 6.45. The molecule has 4 aromatic rings. The average Bonchev–Trinajstić information content (AvgIpc) is 3.08. The average molecular weight is 411 g/mol. The highest BCUT2D eigenvalue weighted by molar-refractivity contribution is 7.93. The summed E-state index contributed by atoms with van der Waals surface area (Å²) < 4.78 is 29.6. The van der Waals surface area contributed by atoms with Crippen molar-refractivity contribution in [1.29, 1.82) is 0 Å². The molecule has 142 valence electrons. The van der Waals surface area contributed by atoms with Gasteiger partial charge in [0.15, 0.2) is 0 Å². The van der Waals surface area contributed by atoms with Crippen LogP contribution in [0.3, 0.4) is 0 Å². The Labute approximate surface area is 167 Å². The van der Waals surface area contributed by atoms with Crippen molar-refractivity contribution >= 4 is 59.5 Å². The lowest BCUT2D eigenvalue weighted by Gasteiger charge is -2.10. The van der Waals surface area contributed by atoms with E-state index in [4.69, 9.17) is 0 Å². The van der Waals surface area contributed by atoms with Gasteiger partial charge in [-0.15, -0.1) is 0 Å². The van der Waals surface area contributed by atoms with Gasteiger partial charge in [0.05, 0.1) is 27.1 Å². The molecule has 0 fully saturated rings. The maximum Gasteiger partial charge on any atom is 0.262 e. The summed E-state index contributed by atoms with van der Waals surface area (Å²) in [5, 5.41) is 2.19. The number of aliphatic imine (C=N–C) groups is 1. The molecule has 6 nitrogen and oxygen atoms in total. The molecule has 0 atom stereocenters. The number of nitrogens with one attached hydrogen (secondary N) is 1. The van der Waals surface area contributed by atoms with E-state index in [0.29, 0.717) is 21.7 Å². The third-order valence-electron chi connectivity index (χ3n) is 4.07. The smallest absolute Gasteiger partial charge is 0.262 e. The Morgan fingerprint density at radius 3 is 2.68 bits per heavy atom. The van der Waals surface area contributed by atoms with Crippen molar-refractivity contribution in [3.8, 4) is 0 Å². The van der Waals surface area contributed by atoms with Gasteiger partial charge in [0.1, 0.15) is 0 Å². The zero-order valence-electron chi connectivity index (χ0n) is 15.3. The number of aromatic nitrogens is 1. The molecular weight excluding hydrogens is 392 g/mol. The summed E-state index contributed by atoms with van der Waals surface area (Å²) in [7, 11) is 0.0379. The van der Waals surface area contributed by atoms with Crippen molar-refractivity contribution in [1.82, 2.24) is 9.88 Å². The van der Waals surface area contributed by atoms with E-state index in [1.807, 2.05) is 55.4 Å². The van der Waals surface area contributed by atoms with Gasteiger partial charge in [-0.2, -0.15) is 0 Å². The van der Waals surface area contributed by atoms with Gasteiger partial charge in [-0.25, -0.2) is 18.4 Å². The Kier molecular flexibility index (Phi) is 4.74. The van der Waals surface area contributed by atoms with E-state index in [-0.39, 0.29) is 4.90 Å². The molecule has 0 aliphatic carbocycles. The second kappa shape index (κ2) is 7.21. The van der Waals surface area contributed by atoms with E-state index in [2.05, 4.69) is 14.7 Å². The second-order valence-corrected chi connectivity index (χ2v) is 9.13. The van der Waals surface area contributed by atoms with Gasteiger partial charge >= 0.3 is 0 Å². The number of hydrogen-bond acceptors (Lipinski definition) is 5. The molecular formula is C20H18N4O2S2. The highest BCUT2D eigenvalue weighted by Gasteiger charge is 2.17. The summed E-state index contributed by atoms with van der Waals surface area (Å²) in [4.78, 5) is 10.8. The van der Waals surface area contributed by atoms with Crippen LogP contribution in [0.15, 0.2) is 70.6 Å². The topological polar surface area (TPSA) is 74.7 Å². The molecule has 0 aliphatic rings. The van der Waals surface area contributed by atoms with E-state index in [0.717, 1.165) is 10.1 Å². The summed E-state index contributed by atoms with van der Waals surface area (Å²) in [5.74, 6) is 0. The van der Waals surface area contributed by atoms with Gasteiger partial charge < -0.3 is 4.90 Å². The number of benzene rings is 3. The van der Waals surface area contributed by atoms with Crippen molar-refractivity contribution in [3.05, 3.63) is 60.7 Å². The van der Waals surface area contributed by atoms with Crippen LogP contribution in [-0.4, -0.2) is 38.7 Å². The van der Waals surface area contributed by atoms with Gasteiger partial charge in [0, 0.05) is 19.5 Å². The van der Waals surface area contributed by atoms with Crippen molar-refractivity contribution in [2.75, 3.05) is 18.8 Å². The zero-order valence-corrected chi connectivity index (χ0v) is 17.0. The zero-order chi connectivity index (χ0) is 19.7. The highest BCUT2D eigenvalue weighted by Crippen LogP contribution is 2.31. The minimum absolute atomic E-state index is 0.250. The maximum atomic E-state index is 13.0. The number of rotatable bonds is 5. The van der Waals surface area contributed by atoms with Crippen LogP contribution >= 0.6 is 11.3 Å². The van der Waals surface area contributed by atoms with Crippen LogP contribution in [0, 0.1) is 0 Å². The maximum absolute atomic E-state index is 13.0. The monoisotopic (exact) mass is 410 g/mol. The van der Waals surface area contributed by atoms with Crippen LogP contribution in [0.25, 0.3) is 21.0 Å². The van der Waals surface area contributed by atoms with E-state index < -0.39 is 10.0 Å². The Bertz CT molecular complexity index is 1290. The first-order valence-corrected chi connectivity index (χ1v) is 10.8. The van der Waals surface area contributed by atoms with Gasteiger partial charge in [-0.05, 0) is 29.7 Å². The number of anilines is 1. The fourth-order valence-electron chi connectivity index (χ4n) is 2.84. The summed E-state index contributed by atoms with van der Waals surface area (Å²) in [6, 6.07) is 18.0. The van der Waals surface area contributed by atoms with E-state index in [1.165, 1.54) is 11.3 Å². The molecule has 0 saturated carbocycles. The Morgan fingerprint density at radius 2 is 1.86 bits per heavy atom. The first kappa shape index (κ1) is 18.4. The molecule has 28 heavy (non-hydrogen) atoms. The molecule has 0 bridgehead atoms. The fourth-order valence-corrected chi connectivity index (χ4v) is 4.91. The molecule has 0 radical (unpaired) electrons. The molecule has 1 heterocycles. The van der Waals surface area contributed by atoms with E-state index in [1.54, 1.807) is 30.6 Å². The number of thiazole rings is 1. The molecule has 0 saturated heterocycles. The predicted molar refractivity (Wildman–Crippen MR) is 116 cm³/mol. The first-order chi connectivity index (χ1) is 13.4. The highest BCUT2D eigenvalue weighted by atomic mass is 32.2. The van der Waals surface area contributed by atoms with Gasteiger partial charge in [0.2, 0.25) is 5.13 Å². The van der Waals surface area contributed by atoms with Crippen LogP contribution in [0.4, 0.5) is 10.8 Å². The van der Waals surface area contributed by atoms with E-state index in [9.17, 15) is 8.42 Å². The standard InChI is InChI=1S/C20H18N4O2S2/c1-24(2)13-21-20-22-17-12-15(10-11-18(17)27-20)23-28(25,26)19-9-5-7-14-6-3-4-8-16(14)19/h3-13,23H,1-2H3/b21-13+. The molecule has 0 amide bonds. The van der Waals surface area contributed by atoms with Crippen LogP contribution < -0.4 is 4.72 Å². The normalized spacial score (nSPS) is 12.1. The fraction of sp³-hybridized carbons (Fsp3) is 0.100. The molecule has 8 heteroatoms. The molecule has 3 aromatic carbocycles. The van der Waals surface area contributed by atoms with E-state index >= 15 is 0 Å². The molecule has 1 N–H and O–H groups in total. The van der Waals surface area contributed by atoms with Crippen LogP contribution in [0.1, 0.15) is 0 Å². The number of hydrogen-bond donors (Lipinski definition) is 1. The summed E-state index contributed by atoms with van der Waals surface area (Å²) in [5.41, 5.74) is 1.17. The first-order valence-electron chi connectivity index (χ1n) is 8.54. The number of nitrogens with zero attached hydrogens (tertiary/aromatic N) is 3. The molecule has 1 aromatic heterocycles. The lowest BCUT2D eigenvalue weighted by atomic mass is 10.1. The number of sulfonamides is 1. The second-order valence-electron chi connectivity index (χ2n) is 6.47. The van der Waals surface area contributed by atoms with Crippen molar-refractivity contribution in [2.24, 2.45) is 4.99 Å². The van der Waals surface area contributed by atoms with Gasteiger partial charge in [-0.3, -0.25) is 4.72 Å². The lowest BCUT2D eigenvalue weighted by Crippen LogP contribution is -2.13. The summed E-state index contributed by atoms with van der Waals surface area (Å²) >= 11 is 1.45. The summed E-state index contributed by atoms with van der Waals surface area (Å²) in [6.45, 7) is 0. The van der Waals surface area contributed by atoms with Crippen LogP contribution in [0.2, 0.25) is 0 Å². The van der Waals surface area contributed by atoms with Crippen LogP contribution in [0.5, 0.6) is 0 Å². The largest absolute Gasteiger partial charge is 0.369 e. The summed E-state index contributed by atoms with van der Waals surface area (Å²) in [6.07, 6.45) is 1.68. The Morgan fingerprint density at radius 1 is 1.07 bits per heavy atom. The van der Waals surface area contributed by atoms with Crippen molar-refractivity contribution < 1.29 is 8.42 Å². The van der Waals surface area contributed by atoms with Crippen LogP contribution in [-0.2, 0) is 10.0 Å². The third kappa shape index (κ3) is 3.69. The molecule has 0 unspecified atom stereocenters. The van der Waals surface area contributed by atoms with Gasteiger partial charge in [0.25, 0.3) is 10.0 Å². The SMILES string of the molecule is CN(C)/C=N/c1nc2cc(NS(=O)(=O)c3cccc4ccccc34)ccc2s1. The molecule has 0 aliphatic heterocycles. The van der Waals surface area contributed by atoms with Crippen molar-refractivity contribution in [3.63, 3.8) is 0 Å².